The maximum Gasteiger partial charge on any atom is 0.243 e. The first-order chi connectivity index (χ1) is 17.5. The average molecular weight is 537 g/mol. The van der Waals surface area contributed by atoms with Gasteiger partial charge in [0.25, 0.3) is 0 Å². The molecule has 6 heteroatoms. The van der Waals surface area contributed by atoms with Crippen LogP contribution in [0.4, 0.5) is 0 Å². The molecular weight excluding hydrogens is 500 g/mol. The number of carbonyl (C=O) groups excluding carboxylic acids is 2. The highest BCUT2D eigenvalue weighted by molar-refractivity contribution is 7.99. The topological polar surface area (TPSA) is 49.4 Å². The molecule has 0 heterocycles. The smallest absolute Gasteiger partial charge is 0.243 e. The van der Waals surface area contributed by atoms with Gasteiger partial charge in [-0.05, 0) is 63.4 Å². The largest absolute Gasteiger partial charge is 0.350 e. The molecule has 3 aromatic carbocycles. The lowest BCUT2D eigenvalue weighted by molar-refractivity contribution is -0.140. The van der Waals surface area contributed by atoms with Crippen LogP contribution in [0.1, 0.15) is 48.6 Å². The van der Waals surface area contributed by atoms with Crippen LogP contribution in [0.15, 0.2) is 72.8 Å². The number of benzene rings is 3. The second kappa shape index (κ2) is 13.2. The molecule has 0 saturated carbocycles. The summed E-state index contributed by atoms with van der Waals surface area (Å²) < 4.78 is 0. The quantitative estimate of drug-likeness (QED) is 0.312. The van der Waals surface area contributed by atoms with Gasteiger partial charge in [0, 0.05) is 29.3 Å². The average Bonchev–Trinajstić information content (AvgIpc) is 2.81. The summed E-state index contributed by atoms with van der Waals surface area (Å²) in [6.07, 6.45) is 0.434. The molecule has 0 fully saturated rings. The van der Waals surface area contributed by atoms with Crippen molar-refractivity contribution in [1.29, 1.82) is 0 Å². The van der Waals surface area contributed by atoms with Crippen LogP contribution in [-0.4, -0.2) is 34.0 Å². The third-order valence-corrected chi connectivity index (χ3v) is 7.05. The van der Waals surface area contributed by atoms with Gasteiger partial charge in [0.1, 0.15) is 6.04 Å². The van der Waals surface area contributed by atoms with Crippen LogP contribution in [0.25, 0.3) is 0 Å². The molecule has 37 heavy (non-hydrogen) atoms. The monoisotopic (exact) mass is 536 g/mol. The first kappa shape index (κ1) is 28.8. The number of nitrogens with one attached hydrogen (secondary N) is 1. The van der Waals surface area contributed by atoms with E-state index in [4.69, 9.17) is 11.6 Å². The first-order valence-corrected chi connectivity index (χ1v) is 14.1. The van der Waals surface area contributed by atoms with Crippen LogP contribution in [0.5, 0.6) is 0 Å². The standard InChI is InChI=1S/C31H37ClN2O2S/c1-22-15-23(2)17-26(16-22)20-37-21-29(35)34(19-25-11-13-27(32)14-12-25)28(30(36)33-31(3,4)5)18-24-9-7-6-8-10-24/h6-17,28H,18-21H2,1-5H3,(H,33,36). The number of thioether (sulfide) groups is 1. The van der Waals surface area contributed by atoms with E-state index in [1.165, 1.54) is 16.7 Å². The Balaban J connectivity index is 1.87. The van der Waals surface area contributed by atoms with Crippen LogP contribution >= 0.6 is 23.4 Å². The van der Waals surface area contributed by atoms with Crippen molar-refractivity contribution in [1.82, 2.24) is 10.2 Å². The number of rotatable bonds is 10. The highest BCUT2D eigenvalue weighted by atomic mass is 35.5. The molecule has 0 saturated heterocycles. The fraction of sp³-hybridized carbons (Fsp3) is 0.355. The minimum absolute atomic E-state index is 0.0608. The highest BCUT2D eigenvalue weighted by Gasteiger charge is 2.32. The molecule has 0 bridgehead atoms. The van der Waals surface area contributed by atoms with Gasteiger partial charge in [-0.25, -0.2) is 0 Å². The molecule has 0 radical (unpaired) electrons. The van der Waals surface area contributed by atoms with E-state index in [1.807, 2.05) is 75.4 Å². The Labute approximate surface area is 230 Å². The van der Waals surface area contributed by atoms with Gasteiger partial charge >= 0.3 is 0 Å². The Kier molecular flexibility index (Phi) is 10.2. The van der Waals surface area contributed by atoms with E-state index in [9.17, 15) is 9.59 Å². The third-order valence-electron chi connectivity index (χ3n) is 5.81. The van der Waals surface area contributed by atoms with Crippen molar-refractivity contribution in [2.24, 2.45) is 0 Å². The highest BCUT2D eigenvalue weighted by Crippen LogP contribution is 2.21. The lowest BCUT2D eigenvalue weighted by atomic mass is 10.0. The van der Waals surface area contributed by atoms with Gasteiger partial charge in [0.15, 0.2) is 0 Å². The maximum absolute atomic E-state index is 13.7. The van der Waals surface area contributed by atoms with Crippen LogP contribution < -0.4 is 5.32 Å². The second-order valence-corrected chi connectivity index (χ2v) is 12.0. The van der Waals surface area contributed by atoms with Gasteiger partial charge in [-0.2, -0.15) is 0 Å². The van der Waals surface area contributed by atoms with Gasteiger partial charge < -0.3 is 10.2 Å². The number of carbonyl (C=O) groups is 2. The molecule has 0 aliphatic rings. The Bertz CT molecular complexity index is 1170. The summed E-state index contributed by atoms with van der Waals surface area (Å²) >= 11 is 7.68. The fourth-order valence-electron chi connectivity index (χ4n) is 4.28. The molecule has 0 spiro atoms. The minimum Gasteiger partial charge on any atom is -0.350 e. The van der Waals surface area contributed by atoms with Crippen LogP contribution in [0, 0.1) is 13.8 Å². The summed E-state index contributed by atoms with van der Waals surface area (Å²) in [5, 5.41) is 3.74. The van der Waals surface area contributed by atoms with E-state index in [0.717, 1.165) is 16.9 Å². The third kappa shape index (κ3) is 9.56. The molecule has 4 nitrogen and oxygen atoms in total. The van der Waals surface area contributed by atoms with Crippen molar-refractivity contribution in [2.75, 3.05) is 5.75 Å². The lowest BCUT2D eigenvalue weighted by Gasteiger charge is -2.34. The van der Waals surface area contributed by atoms with Gasteiger partial charge in [-0.3, -0.25) is 9.59 Å². The number of amides is 2. The summed E-state index contributed by atoms with van der Waals surface area (Å²) in [5.41, 5.74) is 5.15. The molecule has 196 valence electrons. The minimum atomic E-state index is -0.647. The Morgan fingerprint density at radius 3 is 2.11 bits per heavy atom. The SMILES string of the molecule is Cc1cc(C)cc(CSCC(=O)N(Cc2ccc(Cl)cc2)C(Cc2ccccc2)C(=O)NC(C)(C)C)c1. The zero-order chi connectivity index (χ0) is 27.0. The molecule has 1 atom stereocenters. The van der Waals surface area contributed by atoms with Crippen molar-refractivity contribution in [2.45, 2.75) is 64.9 Å². The molecule has 1 unspecified atom stereocenters. The summed E-state index contributed by atoms with van der Waals surface area (Å²) in [7, 11) is 0. The van der Waals surface area contributed by atoms with E-state index >= 15 is 0 Å². The molecule has 0 aliphatic heterocycles. The van der Waals surface area contributed by atoms with Crippen LogP contribution in [0.2, 0.25) is 5.02 Å². The molecule has 0 aromatic heterocycles. The molecule has 0 aliphatic carbocycles. The Hall–Kier alpha value is -2.76. The van der Waals surface area contributed by atoms with Crippen molar-refractivity contribution in [3.05, 3.63) is 106 Å². The van der Waals surface area contributed by atoms with Gasteiger partial charge in [-0.1, -0.05) is 83.4 Å². The molecule has 2 amide bonds. The summed E-state index contributed by atoms with van der Waals surface area (Å²) in [5.74, 6) is 0.808. The second-order valence-electron chi connectivity index (χ2n) is 10.6. The van der Waals surface area contributed by atoms with Crippen LogP contribution in [-0.2, 0) is 28.3 Å². The normalized spacial score (nSPS) is 12.2. The van der Waals surface area contributed by atoms with Crippen molar-refractivity contribution < 1.29 is 9.59 Å². The predicted octanol–water partition coefficient (Wildman–Crippen LogP) is 6.74. The van der Waals surface area contributed by atoms with E-state index in [-0.39, 0.29) is 17.6 Å². The Morgan fingerprint density at radius 2 is 1.51 bits per heavy atom. The van der Waals surface area contributed by atoms with Crippen LogP contribution in [0.3, 0.4) is 0 Å². The zero-order valence-corrected chi connectivity index (χ0v) is 24.0. The number of hydrogen-bond donors (Lipinski definition) is 1. The lowest BCUT2D eigenvalue weighted by Crippen LogP contribution is -2.54. The number of halogens is 1. The van der Waals surface area contributed by atoms with Gasteiger partial charge in [0.05, 0.1) is 5.75 Å². The Morgan fingerprint density at radius 1 is 0.892 bits per heavy atom. The maximum atomic E-state index is 13.7. The number of aryl methyl sites for hydroxylation is 2. The van der Waals surface area contributed by atoms with E-state index in [1.54, 1.807) is 16.7 Å². The van der Waals surface area contributed by atoms with Crippen molar-refractivity contribution >= 4 is 35.2 Å². The fourth-order valence-corrected chi connectivity index (χ4v) is 5.26. The first-order valence-electron chi connectivity index (χ1n) is 12.5. The number of nitrogens with zero attached hydrogens (tertiary/aromatic N) is 1. The van der Waals surface area contributed by atoms with Crippen molar-refractivity contribution in [3.63, 3.8) is 0 Å². The van der Waals surface area contributed by atoms with E-state index in [0.29, 0.717) is 18.0 Å². The predicted molar refractivity (Wildman–Crippen MR) is 156 cm³/mol. The molecule has 3 rings (SSSR count). The zero-order valence-electron chi connectivity index (χ0n) is 22.4. The molecular formula is C31H37ClN2O2S. The number of hydrogen-bond acceptors (Lipinski definition) is 3. The van der Waals surface area contributed by atoms with E-state index < -0.39 is 11.6 Å². The molecule has 1 N–H and O–H groups in total. The molecule has 3 aromatic rings. The summed E-state index contributed by atoms with van der Waals surface area (Å²) in [6.45, 7) is 10.4. The van der Waals surface area contributed by atoms with Crippen molar-refractivity contribution in [3.8, 4) is 0 Å². The van der Waals surface area contributed by atoms with Gasteiger partial charge in [-0.15, -0.1) is 11.8 Å². The summed E-state index contributed by atoms with van der Waals surface area (Å²) in [6, 6.07) is 23.1. The van der Waals surface area contributed by atoms with Gasteiger partial charge in [0.2, 0.25) is 11.8 Å². The summed E-state index contributed by atoms with van der Waals surface area (Å²) in [4.78, 5) is 29.1. The van der Waals surface area contributed by atoms with E-state index in [2.05, 4.69) is 37.4 Å².